The van der Waals surface area contributed by atoms with Gasteiger partial charge in [0.25, 0.3) is 5.91 Å². The van der Waals surface area contributed by atoms with Crippen LogP contribution in [0.3, 0.4) is 0 Å². The molecule has 2 aliphatic heterocycles. The number of amides is 4. The van der Waals surface area contributed by atoms with Gasteiger partial charge in [0.1, 0.15) is 23.7 Å². The van der Waals surface area contributed by atoms with Crippen LogP contribution in [0.4, 0.5) is 4.79 Å². The summed E-state index contributed by atoms with van der Waals surface area (Å²) in [6, 6.07) is 4.59. The van der Waals surface area contributed by atoms with Gasteiger partial charge >= 0.3 is 6.09 Å². The lowest BCUT2D eigenvalue weighted by atomic mass is 9.88. The molecule has 2 saturated carbocycles. The average molecular weight is 760 g/mol. The molecule has 1 aromatic heterocycles. The van der Waals surface area contributed by atoms with Crippen molar-refractivity contribution in [3.63, 3.8) is 0 Å². The summed E-state index contributed by atoms with van der Waals surface area (Å²) in [6.07, 6.45) is 4.35. The third-order valence-electron chi connectivity index (χ3n) is 10.3. The zero-order chi connectivity index (χ0) is 37.5. The number of nitrogens with zero attached hydrogens (tertiary/aromatic N) is 2. The summed E-state index contributed by atoms with van der Waals surface area (Å²) < 4.78 is 40.1. The monoisotopic (exact) mass is 759 g/mol. The largest absolute Gasteiger partial charge is 0.475 e. The van der Waals surface area contributed by atoms with Crippen LogP contribution in [0, 0.1) is 17.8 Å². The molecular weight excluding hydrogens is 714 g/mol. The van der Waals surface area contributed by atoms with Crippen LogP contribution in [0.5, 0.6) is 11.8 Å². The third-order valence-corrected chi connectivity index (χ3v) is 12.4. The van der Waals surface area contributed by atoms with Crippen molar-refractivity contribution in [3.8, 4) is 11.8 Å². The fourth-order valence-corrected chi connectivity index (χ4v) is 8.96. The molecule has 6 rings (SSSR count). The molecule has 1 saturated heterocycles. The first-order valence-corrected chi connectivity index (χ1v) is 19.8. The Kier molecular flexibility index (Phi) is 10.7. The predicted molar refractivity (Wildman–Crippen MR) is 192 cm³/mol. The van der Waals surface area contributed by atoms with Crippen molar-refractivity contribution in [1.29, 1.82) is 0 Å². The van der Waals surface area contributed by atoms with Crippen molar-refractivity contribution in [2.75, 3.05) is 6.54 Å². The molecule has 16 heteroatoms. The molecule has 3 heterocycles. The number of nitrogens with one attached hydrogen (secondary N) is 3. The number of pyridine rings is 1. The summed E-state index contributed by atoms with van der Waals surface area (Å²) in [4.78, 5) is 60.3. The number of allylic oxidation sites excluding steroid dienone is 1. The topological polar surface area (TPSA) is 193 Å². The van der Waals surface area contributed by atoms with Crippen LogP contribution in [0.1, 0.15) is 72.6 Å². The number of carbonyl (C=O) groups is 4. The zero-order valence-electron chi connectivity index (χ0n) is 29.6. The number of hydrogen-bond acceptors (Lipinski definition) is 9. The minimum absolute atomic E-state index is 0.0280. The van der Waals surface area contributed by atoms with E-state index in [0.29, 0.717) is 41.5 Å². The normalized spacial score (nSPS) is 30.3. The smallest absolute Gasteiger partial charge is 0.405 e. The number of carboxylic acid groups (broad SMARTS) is 1. The second kappa shape index (κ2) is 14.7. The molecule has 282 valence electrons. The fourth-order valence-electron chi connectivity index (χ4n) is 7.37. The maximum absolute atomic E-state index is 14.4. The second-order valence-corrected chi connectivity index (χ2v) is 17.3. The lowest BCUT2D eigenvalue weighted by molar-refractivity contribution is -0.142. The van der Waals surface area contributed by atoms with Crippen molar-refractivity contribution in [2.24, 2.45) is 17.8 Å². The molecule has 52 heavy (non-hydrogen) atoms. The number of fused-ring (bicyclic) bond motifs is 3. The Morgan fingerprint density at radius 3 is 2.58 bits per heavy atom. The number of sulfonamides is 1. The van der Waals surface area contributed by atoms with E-state index in [9.17, 15) is 32.7 Å². The Hall–Kier alpha value is -4.11. The van der Waals surface area contributed by atoms with Crippen molar-refractivity contribution in [3.05, 3.63) is 41.4 Å². The molecular formula is C36H46ClN5O9S. The Labute approximate surface area is 308 Å². The number of rotatable bonds is 8. The van der Waals surface area contributed by atoms with E-state index in [1.54, 1.807) is 31.2 Å². The van der Waals surface area contributed by atoms with Crippen molar-refractivity contribution in [2.45, 2.75) is 108 Å². The van der Waals surface area contributed by atoms with Gasteiger partial charge in [0.15, 0.2) is 0 Å². The molecule has 0 bridgehead atoms. The first-order valence-electron chi connectivity index (χ1n) is 17.8. The number of ether oxygens (including phenoxy) is 2. The van der Waals surface area contributed by atoms with Gasteiger partial charge < -0.3 is 30.1 Å². The molecule has 0 radical (unpaired) electrons. The molecule has 3 fully saturated rings. The summed E-state index contributed by atoms with van der Waals surface area (Å²) in [5, 5.41) is 16.0. The van der Waals surface area contributed by atoms with Gasteiger partial charge in [-0.1, -0.05) is 43.7 Å². The molecule has 2 aromatic rings. The molecule has 14 nitrogen and oxygen atoms in total. The standard InChI is InChI=1S/C36H46ClN5O9S/c1-19(2)50-29-16-26-25(10-7-11-27(26)37)32(38-29)51-23-15-28-31(43)40-36(34(45)41-52(48,49)24-12-13-24)17-22(36)9-6-5-8-20(3)14-21(4)30(39-35(46)47)33(44)42(28)18-23/h6-7,9-11,16,19-24,28,30,39H,5,8,12-15,17-18H2,1-4H3,(H,40,43)(H,41,45)(H,46,47)/b9-6-/t20-,21-,22-,23-,28+,30+,36-/m1/s1. The van der Waals surface area contributed by atoms with E-state index < -0.39 is 74.7 Å². The van der Waals surface area contributed by atoms with Crippen LogP contribution < -0.4 is 24.8 Å². The number of aromatic nitrogens is 1. The Morgan fingerprint density at radius 1 is 1.13 bits per heavy atom. The van der Waals surface area contributed by atoms with Crippen LogP contribution in [0.2, 0.25) is 5.02 Å². The van der Waals surface area contributed by atoms with Crippen molar-refractivity contribution >= 4 is 56.2 Å². The summed E-state index contributed by atoms with van der Waals surface area (Å²) in [5.74, 6) is -2.45. The van der Waals surface area contributed by atoms with Crippen LogP contribution in [-0.2, 0) is 24.4 Å². The van der Waals surface area contributed by atoms with Gasteiger partial charge in [-0.2, -0.15) is 4.98 Å². The third kappa shape index (κ3) is 8.09. The molecule has 0 spiro atoms. The fraction of sp³-hybridized carbons (Fsp3) is 0.583. The summed E-state index contributed by atoms with van der Waals surface area (Å²) >= 11 is 6.54. The summed E-state index contributed by atoms with van der Waals surface area (Å²) in [6.45, 7) is 7.43. The Morgan fingerprint density at radius 2 is 1.88 bits per heavy atom. The minimum atomic E-state index is -3.91. The van der Waals surface area contributed by atoms with E-state index in [1.807, 2.05) is 32.9 Å². The highest BCUT2D eigenvalue weighted by atomic mass is 35.5. The predicted octanol–water partition coefficient (Wildman–Crippen LogP) is 4.16. The number of benzene rings is 1. The highest BCUT2D eigenvalue weighted by Crippen LogP contribution is 2.46. The van der Waals surface area contributed by atoms with Crippen LogP contribution in [0.15, 0.2) is 36.4 Å². The molecule has 0 unspecified atom stereocenters. The van der Waals surface area contributed by atoms with Gasteiger partial charge in [-0.15, -0.1) is 0 Å². The number of carbonyl (C=O) groups excluding carboxylic acids is 3. The quantitative estimate of drug-likeness (QED) is 0.284. The van der Waals surface area contributed by atoms with Gasteiger partial charge in [-0.25, -0.2) is 13.2 Å². The van der Waals surface area contributed by atoms with Gasteiger partial charge in [-0.05, 0) is 76.3 Å². The van der Waals surface area contributed by atoms with Gasteiger partial charge in [0, 0.05) is 34.2 Å². The zero-order valence-corrected chi connectivity index (χ0v) is 31.2. The first-order chi connectivity index (χ1) is 24.6. The summed E-state index contributed by atoms with van der Waals surface area (Å²) in [7, 11) is -3.91. The lowest BCUT2D eigenvalue weighted by Crippen LogP contribution is -2.59. The van der Waals surface area contributed by atoms with Gasteiger partial charge in [0.05, 0.1) is 17.9 Å². The molecule has 7 atom stereocenters. The Bertz CT molecular complexity index is 1890. The highest BCUT2D eigenvalue weighted by molar-refractivity contribution is 7.91. The first kappa shape index (κ1) is 37.6. The molecule has 4 amide bonds. The number of hydrogen-bond donors (Lipinski definition) is 4. The van der Waals surface area contributed by atoms with Gasteiger partial charge in [-0.3, -0.25) is 19.1 Å². The maximum atomic E-state index is 14.4. The van der Waals surface area contributed by atoms with Crippen molar-refractivity contribution in [1.82, 2.24) is 25.2 Å². The maximum Gasteiger partial charge on any atom is 0.405 e. The van der Waals surface area contributed by atoms with E-state index in [4.69, 9.17) is 21.1 Å². The van der Waals surface area contributed by atoms with E-state index in [0.717, 1.165) is 6.42 Å². The Balaban J connectivity index is 1.36. The van der Waals surface area contributed by atoms with Crippen LogP contribution in [-0.4, -0.2) is 88.8 Å². The molecule has 4 N–H and O–H groups in total. The SMILES string of the molecule is CC(C)Oc1cc2c(Cl)cccc2c(O[C@@H]2C[C@H]3C(=O)N[C@]4(C(=O)NS(=O)(=O)C5CC5)C[C@H]4/C=C\CC[C@@H](C)C[C@@H](C)[C@H](NC(=O)O)C(=O)N3C2)n1. The highest BCUT2D eigenvalue weighted by Gasteiger charge is 2.62. The van der Waals surface area contributed by atoms with E-state index >= 15 is 0 Å². The van der Waals surface area contributed by atoms with Crippen LogP contribution >= 0.6 is 11.6 Å². The lowest BCUT2D eigenvalue weighted by Gasteiger charge is -2.32. The number of halogens is 1. The van der Waals surface area contributed by atoms with E-state index in [1.165, 1.54) is 4.90 Å². The van der Waals surface area contributed by atoms with Crippen molar-refractivity contribution < 1.29 is 42.2 Å². The van der Waals surface area contributed by atoms with Gasteiger partial charge in [0.2, 0.25) is 33.6 Å². The molecule has 2 aliphatic carbocycles. The molecule has 1 aromatic carbocycles. The average Bonchev–Trinajstić information content (AvgIpc) is 3.98. The van der Waals surface area contributed by atoms with E-state index in [-0.39, 0.29) is 43.2 Å². The summed E-state index contributed by atoms with van der Waals surface area (Å²) in [5.41, 5.74) is -1.54. The van der Waals surface area contributed by atoms with Crippen LogP contribution in [0.25, 0.3) is 10.8 Å². The second-order valence-electron chi connectivity index (χ2n) is 14.9. The minimum Gasteiger partial charge on any atom is -0.475 e. The molecule has 4 aliphatic rings. The van der Waals surface area contributed by atoms with E-state index in [2.05, 4.69) is 20.3 Å².